The van der Waals surface area contributed by atoms with Crippen LogP contribution in [0, 0.1) is 0 Å². The van der Waals surface area contributed by atoms with Crippen molar-refractivity contribution in [2.24, 2.45) is 7.05 Å². The Morgan fingerprint density at radius 1 is 1.04 bits per heavy atom. The molecule has 3 heterocycles. The minimum Gasteiger partial charge on any atom is -0.277 e. The Morgan fingerprint density at radius 2 is 1.87 bits per heavy atom. The van der Waals surface area contributed by atoms with Gasteiger partial charge in [-0.2, -0.15) is 5.10 Å². The molecule has 0 aliphatic rings. The molecule has 4 aromatic rings. The molecule has 114 valence electrons. The van der Waals surface area contributed by atoms with E-state index in [0.29, 0.717) is 0 Å². The third kappa shape index (κ3) is 2.64. The number of pyridine rings is 1. The lowest BCUT2D eigenvalue weighted by Crippen LogP contribution is -1.90. The SMILES string of the molecule is Cn1cc(-c2cn(S)c3ncc(Cc4ccccc4)cc23)cn1. The molecule has 3 aromatic heterocycles. The minimum absolute atomic E-state index is 0.865. The van der Waals surface area contributed by atoms with E-state index >= 15 is 0 Å². The maximum atomic E-state index is 4.59. The van der Waals surface area contributed by atoms with Gasteiger partial charge in [-0.25, -0.2) is 4.98 Å². The number of fused-ring (bicyclic) bond motifs is 1. The summed E-state index contributed by atoms with van der Waals surface area (Å²) in [7, 11) is 1.92. The molecule has 0 aliphatic heterocycles. The van der Waals surface area contributed by atoms with Gasteiger partial charge in [0, 0.05) is 42.2 Å². The van der Waals surface area contributed by atoms with Crippen molar-refractivity contribution in [3.63, 3.8) is 0 Å². The Kier molecular flexibility index (Phi) is 3.42. The second-order valence-corrected chi connectivity index (χ2v) is 6.10. The summed E-state index contributed by atoms with van der Waals surface area (Å²) in [5.41, 5.74) is 5.51. The van der Waals surface area contributed by atoms with Crippen molar-refractivity contribution in [2.45, 2.75) is 6.42 Å². The number of hydrogen-bond donors (Lipinski definition) is 1. The zero-order chi connectivity index (χ0) is 15.8. The first-order valence-electron chi connectivity index (χ1n) is 7.43. The number of aryl methyl sites for hydroxylation is 1. The average Bonchev–Trinajstić information content (AvgIpc) is 3.12. The summed E-state index contributed by atoms with van der Waals surface area (Å²) in [6, 6.07) is 12.6. The lowest BCUT2D eigenvalue weighted by atomic mass is 10.0. The maximum absolute atomic E-state index is 4.59. The number of nitrogens with zero attached hydrogens (tertiary/aromatic N) is 4. The molecule has 0 spiro atoms. The Hall–Kier alpha value is -2.53. The van der Waals surface area contributed by atoms with Gasteiger partial charge in [0.05, 0.1) is 6.20 Å². The molecule has 0 atom stereocenters. The third-order valence-corrected chi connectivity index (χ3v) is 4.25. The van der Waals surface area contributed by atoms with Crippen molar-refractivity contribution in [2.75, 3.05) is 0 Å². The van der Waals surface area contributed by atoms with Crippen LogP contribution in [0.5, 0.6) is 0 Å². The maximum Gasteiger partial charge on any atom is 0.150 e. The Bertz CT molecular complexity index is 969. The Balaban J connectivity index is 1.81. The van der Waals surface area contributed by atoms with E-state index in [1.807, 2.05) is 37.9 Å². The molecule has 0 aliphatic carbocycles. The van der Waals surface area contributed by atoms with E-state index in [0.717, 1.165) is 28.6 Å². The lowest BCUT2D eigenvalue weighted by Gasteiger charge is -2.03. The van der Waals surface area contributed by atoms with Crippen LogP contribution in [-0.2, 0) is 13.5 Å². The molecular weight excluding hydrogens is 304 g/mol. The number of aromatic nitrogens is 4. The highest BCUT2D eigenvalue weighted by Crippen LogP contribution is 2.30. The highest BCUT2D eigenvalue weighted by molar-refractivity contribution is 7.78. The van der Waals surface area contributed by atoms with Crippen LogP contribution < -0.4 is 0 Å². The number of hydrogen-bond acceptors (Lipinski definition) is 3. The first-order valence-corrected chi connectivity index (χ1v) is 7.83. The van der Waals surface area contributed by atoms with E-state index in [1.165, 1.54) is 11.1 Å². The van der Waals surface area contributed by atoms with Crippen molar-refractivity contribution in [3.05, 3.63) is 72.3 Å². The first-order chi connectivity index (χ1) is 11.2. The fourth-order valence-electron chi connectivity index (χ4n) is 2.85. The molecule has 4 nitrogen and oxygen atoms in total. The van der Waals surface area contributed by atoms with Gasteiger partial charge in [0.25, 0.3) is 0 Å². The molecule has 0 saturated heterocycles. The zero-order valence-corrected chi connectivity index (χ0v) is 13.6. The molecule has 0 saturated carbocycles. The summed E-state index contributed by atoms with van der Waals surface area (Å²) in [6.07, 6.45) is 8.66. The summed E-state index contributed by atoms with van der Waals surface area (Å²) >= 11 is 4.49. The molecule has 4 rings (SSSR count). The van der Waals surface area contributed by atoms with Crippen LogP contribution in [0.3, 0.4) is 0 Å². The molecule has 23 heavy (non-hydrogen) atoms. The summed E-state index contributed by atoms with van der Waals surface area (Å²) < 4.78 is 3.57. The summed E-state index contributed by atoms with van der Waals surface area (Å²) in [6.45, 7) is 0. The largest absolute Gasteiger partial charge is 0.277 e. The number of thiol groups is 1. The predicted molar refractivity (Wildman–Crippen MR) is 95.6 cm³/mol. The van der Waals surface area contributed by atoms with Crippen molar-refractivity contribution in [3.8, 4) is 11.1 Å². The van der Waals surface area contributed by atoms with Crippen LogP contribution in [-0.4, -0.2) is 18.7 Å². The predicted octanol–water partition coefficient (Wildman–Crippen LogP) is 3.72. The van der Waals surface area contributed by atoms with Gasteiger partial charge in [0.15, 0.2) is 0 Å². The van der Waals surface area contributed by atoms with E-state index in [2.05, 4.69) is 53.2 Å². The van der Waals surface area contributed by atoms with Crippen LogP contribution in [0.4, 0.5) is 0 Å². The minimum atomic E-state index is 0.865. The molecular formula is C18H16N4S. The van der Waals surface area contributed by atoms with Crippen LogP contribution in [0.1, 0.15) is 11.1 Å². The molecule has 5 heteroatoms. The fourth-order valence-corrected chi connectivity index (χ4v) is 3.13. The second-order valence-electron chi connectivity index (χ2n) is 5.67. The van der Waals surface area contributed by atoms with Crippen molar-refractivity contribution in [1.29, 1.82) is 0 Å². The van der Waals surface area contributed by atoms with Gasteiger partial charge in [-0.3, -0.25) is 8.65 Å². The standard InChI is InChI=1S/C18H16N4S/c1-21-11-15(10-20-21)17-12-22(23)18-16(17)8-14(9-19-18)7-13-5-3-2-4-6-13/h2-6,8-12,23H,7H2,1H3. The highest BCUT2D eigenvalue weighted by Gasteiger charge is 2.12. The molecule has 0 bridgehead atoms. The van der Waals surface area contributed by atoms with Gasteiger partial charge >= 0.3 is 0 Å². The number of benzene rings is 1. The van der Waals surface area contributed by atoms with E-state index < -0.39 is 0 Å². The summed E-state index contributed by atoms with van der Waals surface area (Å²) in [5.74, 6) is 0. The monoisotopic (exact) mass is 320 g/mol. The summed E-state index contributed by atoms with van der Waals surface area (Å²) in [5, 5.41) is 5.36. The Morgan fingerprint density at radius 3 is 2.61 bits per heavy atom. The fraction of sp³-hybridized carbons (Fsp3) is 0.111. The quantitative estimate of drug-likeness (QED) is 0.584. The average molecular weight is 320 g/mol. The summed E-state index contributed by atoms with van der Waals surface area (Å²) in [4.78, 5) is 4.59. The van der Waals surface area contributed by atoms with Crippen LogP contribution in [0.15, 0.2) is 61.2 Å². The zero-order valence-electron chi connectivity index (χ0n) is 12.7. The molecule has 0 radical (unpaired) electrons. The normalized spacial score (nSPS) is 11.2. The Labute approximate surface area is 139 Å². The molecule has 0 fully saturated rings. The van der Waals surface area contributed by atoms with Gasteiger partial charge in [-0.15, -0.1) is 0 Å². The van der Waals surface area contributed by atoms with Crippen molar-refractivity contribution in [1.82, 2.24) is 18.7 Å². The van der Waals surface area contributed by atoms with Crippen LogP contribution in [0.2, 0.25) is 0 Å². The van der Waals surface area contributed by atoms with E-state index in [4.69, 9.17) is 0 Å². The molecule has 0 N–H and O–H groups in total. The molecule has 0 amide bonds. The molecule has 0 unspecified atom stereocenters. The van der Waals surface area contributed by atoms with Gasteiger partial charge in [-0.05, 0) is 23.6 Å². The van der Waals surface area contributed by atoms with Gasteiger partial charge < -0.3 is 0 Å². The van der Waals surface area contributed by atoms with E-state index in [-0.39, 0.29) is 0 Å². The first kappa shape index (κ1) is 14.1. The van der Waals surface area contributed by atoms with Crippen LogP contribution in [0.25, 0.3) is 22.2 Å². The third-order valence-electron chi connectivity index (χ3n) is 3.95. The topological polar surface area (TPSA) is 35.6 Å². The van der Waals surface area contributed by atoms with E-state index in [1.54, 1.807) is 8.65 Å². The molecule has 1 aromatic carbocycles. The van der Waals surface area contributed by atoms with Crippen molar-refractivity contribution >= 4 is 23.8 Å². The van der Waals surface area contributed by atoms with Gasteiger partial charge in [-0.1, -0.05) is 43.1 Å². The lowest BCUT2D eigenvalue weighted by molar-refractivity contribution is 0.768. The second kappa shape index (κ2) is 5.59. The van der Waals surface area contributed by atoms with Crippen LogP contribution >= 0.6 is 12.8 Å². The highest BCUT2D eigenvalue weighted by atomic mass is 32.1. The van der Waals surface area contributed by atoms with E-state index in [9.17, 15) is 0 Å². The number of rotatable bonds is 3. The smallest absolute Gasteiger partial charge is 0.150 e. The van der Waals surface area contributed by atoms with Gasteiger partial charge in [0.1, 0.15) is 5.65 Å². The van der Waals surface area contributed by atoms with Crippen molar-refractivity contribution < 1.29 is 0 Å². The van der Waals surface area contributed by atoms with Gasteiger partial charge in [0.2, 0.25) is 0 Å².